The minimum Gasteiger partial charge on any atom is -0.370 e. The van der Waals surface area contributed by atoms with Crippen LogP contribution in [0.15, 0.2) is 30.3 Å². The Labute approximate surface area is 238 Å². The van der Waals surface area contributed by atoms with Gasteiger partial charge in [-0.25, -0.2) is 0 Å². The van der Waals surface area contributed by atoms with Crippen LogP contribution in [0, 0.1) is 5.92 Å². The largest absolute Gasteiger partial charge is 0.418 e. The summed E-state index contributed by atoms with van der Waals surface area (Å²) in [6, 6.07) is 6.03. The molecule has 2 N–H and O–H groups in total. The van der Waals surface area contributed by atoms with Crippen molar-refractivity contribution in [2.75, 3.05) is 43.1 Å². The topological polar surface area (TPSA) is 91.0 Å². The number of ether oxygens (including phenoxy) is 1. The first-order valence-corrected chi connectivity index (χ1v) is 14.5. The van der Waals surface area contributed by atoms with Crippen molar-refractivity contribution in [3.05, 3.63) is 45.1 Å². The second-order valence-electron chi connectivity index (χ2n) is 10.4. The van der Waals surface area contributed by atoms with E-state index in [1.165, 1.54) is 12.1 Å². The van der Waals surface area contributed by atoms with Gasteiger partial charge in [-0.1, -0.05) is 18.0 Å². The Bertz CT molecular complexity index is 1260. The van der Waals surface area contributed by atoms with Gasteiger partial charge in [0.25, 0.3) is 11.8 Å². The highest BCUT2D eigenvalue weighted by Gasteiger charge is 2.40. The predicted molar refractivity (Wildman–Crippen MR) is 146 cm³/mol. The van der Waals surface area contributed by atoms with Gasteiger partial charge in [0.05, 0.1) is 27.1 Å². The Balaban J connectivity index is 1.38. The Kier molecular flexibility index (Phi) is 8.69. The molecule has 13 heteroatoms. The first kappa shape index (κ1) is 28.8. The van der Waals surface area contributed by atoms with E-state index in [2.05, 4.69) is 15.5 Å². The summed E-state index contributed by atoms with van der Waals surface area (Å²) < 4.78 is 47.7. The normalized spacial score (nSPS) is 18.9. The van der Waals surface area contributed by atoms with Crippen LogP contribution in [0.3, 0.4) is 0 Å². The number of anilines is 2. The van der Waals surface area contributed by atoms with Crippen molar-refractivity contribution >= 4 is 52.0 Å². The number of thiophene rings is 1. The molecule has 2 aliphatic carbocycles. The van der Waals surface area contributed by atoms with Crippen molar-refractivity contribution in [2.45, 2.75) is 50.4 Å². The first-order chi connectivity index (χ1) is 19.1. The van der Waals surface area contributed by atoms with Crippen LogP contribution in [0.1, 0.15) is 47.3 Å². The van der Waals surface area contributed by atoms with Crippen LogP contribution in [0.4, 0.5) is 24.5 Å². The summed E-state index contributed by atoms with van der Waals surface area (Å²) in [7, 11) is 0. The van der Waals surface area contributed by atoms with Crippen molar-refractivity contribution in [3.8, 4) is 0 Å². The molecule has 1 aromatic heterocycles. The fraction of sp³-hybridized carbons (Fsp3) is 0.519. The molecule has 216 valence electrons. The molecule has 0 bridgehead atoms. The quantitative estimate of drug-likeness (QED) is 0.411. The van der Waals surface area contributed by atoms with Crippen molar-refractivity contribution in [1.82, 2.24) is 10.2 Å². The molecule has 2 heterocycles. The summed E-state index contributed by atoms with van der Waals surface area (Å²) in [6.07, 6.45) is 0.254. The Morgan fingerprint density at radius 3 is 2.55 bits per heavy atom. The van der Waals surface area contributed by atoms with Gasteiger partial charge < -0.3 is 20.3 Å². The molecule has 3 amide bonds. The number of benzene rings is 1. The molecule has 3 aliphatic rings. The van der Waals surface area contributed by atoms with Gasteiger partial charge in [-0.3, -0.25) is 19.3 Å². The lowest BCUT2D eigenvalue weighted by molar-refractivity contribution is -0.137. The first-order valence-electron chi connectivity index (χ1n) is 13.3. The smallest absolute Gasteiger partial charge is 0.370 e. The highest BCUT2D eigenvalue weighted by molar-refractivity contribution is 7.18. The van der Waals surface area contributed by atoms with Gasteiger partial charge in [-0.05, 0) is 61.9 Å². The molecule has 1 aromatic carbocycles. The van der Waals surface area contributed by atoms with Gasteiger partial charge in [-0.2, -0.15) is 13.2 Å². The molecule has 8 nitrogen and oxygen atoms in total. The fourth-order valence-electron chi connectivity index (χ4n) is 5.00. The number of hydrogen-bond donors (Lipinski definition) is 2. The summed E-state index contributed by atoms with van der Waals surface area (Å²) in [6.45, 7) is 0.525. The van der Waals surface area contributed by atoms with Crippen LogP contribution in [-0.4, -0.2) is 67.6 Å². The summed E-state index contributed by atoms with van der Waals surface area (Å²) >= 11 is 7.09. The van der Waals surface area contributed by atoms with E-state index < -0.39 is 29.6 Å². The average molecular weight is 599 g/mol. The average Bonchev–Trinajstić information content (AvgIpc) is 3.59. The lowest BCUT2D eigenvalue weighted by Crippen LogP contribution is -2.56. The van der Waals surface area contributed by atoms with Crippen molar-refractivity contribution in [3.63, 3.8) is 0 Å². The van der Waals surface area contributed by atoms with E-state index >= 15 is 0 Å². The number of halogens is 4. The molecule has 0 spiro atoms. The SMILES string of the molecule is O=C(NC[C@H](C(=O)Nc1ccc(N2CCOCC2=O)c(C(F)(F)F)c1)N(CC1CC1)C1CCC1)c1ccc(Cl)s1. The summed E-state index contributed by atoms with van der Waals surface area (Å²) in [5.41, 5.74) is -1.33. The van der Waals surface area contributed by atoms with Crippen LogP contribution in [0.5, 0.6) is 0 Å². The number of carbonyl (C=O) groups excluding carboxylic acids is 3. The highest BCUT2D eigenvalue weighted by Crippen LogP contribution is 2.39. The van der Waals surface area contributed by atoms with E-state index in [0.29, 0.717) is 21.7 Å². The van der Waals surface area contributed by atoms with Gasteiger partial charge in [0.1, 0.15) is 12.6 Å². The molecule has 0 radical (unpaired) electrons. The van der Waals surface area contributed by atoms with Crippen LogP contribution in [-0.2, 0) is 20.5 Å². The second-order valence-corrected chi connectivity index (χ2v) is 12.1. The molecule has 0 unspecified atom stereocenters. The number of rotatable bonds is 10. The zero-order valence-corrected chi connectivity index (χ0v) is 23.2. The molecule has 2 saturated carbocycles. The predicted octanol–water partition coefficient (Wildman–Crippen LogP) is 4.79. The van der Waals surface area contributed by atoms with Crippen molar-refractivity contribution in [1.29, 1.82) is 0 Å². The lowest BCUT2D eigenvalue weighted by Gasteiger charge is -2.42. The number of amides is 3. The third-order valence-corrected chi connectivity index (χ3v) is 8.74. The van der Waals surface area contributed by atoms with Gasteiger partial charge in [-0.15, -0.1) is 11.3 Å². The maximum absolute atomic E-state index is 14.1. The molecule has 1 atom stereocenters. The lowest BCUT2D eigenvalue weighted by atomic mass is 9.89. The second kappa shape index (κ2) is 12.1. The summed E-state index contributed by atoms with van der Waals surface area (Å²) in [5.74, 6) is -0.966. The zero-order chi connectivity index (χ0) is 28.4. The number of carbonyl (C=O) groups is 3. The summed E-state index contributed by atoms with van der Waals surface area (Å²) in [4.78, 5) is 42.2. The Morgan fingerprint density at radius 1 is 1.18 bits per heavy atom. The van der Waals surface area contributed by atoms with Crippen LogP contribution >= 0.6 is 22.9 Å². The number of alkyl halides is 3. The van der Waals surface area contributed by atoms with Gasteiger partial charge in [0, 0.05) is 31.4 Å². The third-order valence-electron chi connectivity index (χ3n) is 7.51. The van der Waals surface area contributed by atoms with E-state index in [0.717, 1.165) is 54.4 Å². The maximum Gasteiger partial charge on any atom is 0.418 e. The monoisotopic (exact) mass is 598 g/mol. The number of hydrogen-bond acceptors (Lipinski definition) is 6. The zero-order valence-electron chi connectivity index (χ0n) is 21.6. The van der Waals surface area contributed by atoms with E-state index in [4.69, 9.17) is 16.3 Å². The molecule has 3 fully saturated rings. The number of nitrogens with zero attached hydrogens (tertiary/aromatic N) is 2. The van der Waals surface area contributed by atoms with Crippen molar-refractivity contribution in [2.24, 2.45) is 5.92 Å². The van der Waals surface area contributed by atoms with Crippen molar-refractivity contribution < 1.29 is 32.3 Å². The minimum atomic E-state index is -4.76. The highest BCUT2D eigenvalue weighted by atomic mass is 35.5. The molecule has 5 rings (SSSR count). The van der Waals surface area contributed by atoms with Gasteiger partial charge in [0.2, 0.25) is 5.91 Å². The molecular formula is C27H30ClF3N4O4S. The molecule has 1 aliphatic heterocycles. The molecular weight excluding hydrogens is 569 g/mol. The van der Waals surface area contributed by atoms with Crippen LogP contribution in [0.2, 0.25) is 4.34 Å². The fourth-order valence-corrected chi connectivity index (χ4v) is 5.96. The maximum atomic E-state index is 14.1. The standard InChI is InChI=1S/C27H30ClF3N4O4S/c28-23-9-8-22(40-23)26(38)32-13-21(35(14-16-4-5-16)18-2-1-3-18)25(37)33-17-6-7-20(19(12-17)27(29,30)31)34-10-11-39-15-24(34)36/h6-9,12,16,18,21H,1-5,10-11,13-15H2,(H,32,38)(H,33,37)/t21-/m1/s1. The van der Waals surface area contributed by atoms with E-state index in [1.54, 1.807) is 12.1 Å². The van der Waals surface area contributed by atoms with Crippen LogP contribution in [0.25, 0.3) is 0 Å². The Morgan fingerprint density at radius 2 is 1.95 bits per heavy atom. The summed E-state index contributed by atoms with van der Waals surface area (Å²) in [5, 5.41) is 5.49. The number of morpholine rings is 1. The molecule has 1 saturated heterocycles. The minimum absolute atomic E-state index is 0.00234. The van der Waals surface area contributed by atoms with E-state index in [-0.39, 0.29) is 49.6 Å². The third kappa shape index (κ3) is 6.79. The Hall–Kier alpha value is -2.67. The van der Waals surface area contributed by atoms with Crippen LogP contribution < -0.4 is 15.5 Å². The van der Waals surface area contributed by atoms with E-state index in [1.807, 2.05) is 0 Å². The van der Waals surface area contributed by atoms with Gasteiger partial charge >= 0.3 is 6.18 Å². The number of nitrogens with one attached hydrogen (secondary N) is 2. The van der Waals surface area contributed by atoms with E-state index in [9.17, 15) is 27.6 Å². The molecule has 40 heavy (non-hydrogen) atoms. The van der Waals surface area contributed by atoms with Gasteiger partial charge in [0.15, 0.2) is 0 Å². The molecule has 2 aromatic rings.